The Bertz CT molecular complexity index is 601. The second-order valence-corrected chi connectivity index (χ2v) is 6.21. The fourth-order valence-corrected chi connectivity index (χ4v) is 3.09. The first-order valence-corrected chi connectivity index (χ1v) is 7.87. The lowest BCUT2D eigenvalue weighted by atomic mass is 10.2. The monoisotopic (exact) mass is 337 g/mol. The van der Waals surface area contributed by atoms with Crippen LogP contribution in [-0.4, -0.2) is 39.4 Å². The van der Waals surface area contributed by atoms with Gasteiger partial charge in [0.15, 0.2) is 0 Å². The molecule has 1 aliphatic heterocycles. The van der Waals surface area contributed by atoms with Gasteiger partial charge in [0.2, 0.25) is 0 Å². The molecule has 1 amide bonds. The molecule has 0 radical (unpaired) electrons. The van der Waals surface area contributed by atoms with Gasteiger partial charge in [-0.25, -0.2) is 0 Å². The minimum atomic E-state index is -0.954. The number of rotatable bonds is 7. The quantitative estimate of drug-likeness (QED) is 0.468. The fraction of sp³-hybridized carbons (Fsp3) is 0.267. The van der Waals surface area contributed by atoms with E-state index < -0.39 is 5.97 Å². The Morgan fingerprint density at radius 1 is 1.36 bits per heavy atom. The lowest BCUT2D eigenvalue weighted by Crippen LogP contribution is -2.30. The van der Waals surface area contributed by atoms with Gasteiger partial charge in [-0.15, -0.1) is 0 Å². The van der Waals surface area contributed by atoms with Crippen molar-refractivity contribution in [3.05, 3.63) is 46.9 Å². The first-order valence-electron chi connectivity index (χ1n) is 6.65. The predicted octanol–water partition coefficient (Wildman–Crippen LogP) is 2.42. The third-order valence-electron chi connectivity index (χ3n) is 2.92. The van der Waals surface area contributed by atoms with E-state index in [2.05, 4.69) is 0 Å². The molecule has 2 rings (SSSR count). The Morgan fingerprint density at radius 3 is 2.77 bits per heavy atom. The number of nitrogens with zero attached hydrogens (tertiary/aromatic N) is 1. The molecule has 0 atom stereocenters. The van der Waals surface area contributed by atoms with Gasteiger partial charge >= 0.3 is 5.97 Å². The summed E-state index contributed by atoms with van der Waals surface area (Å²) in [5.41, 5.74) is 1.06. The molecule has 1 N–H and O–H groups in total. The number of aliphatic carboxylic acids is 1. The number of hydrogen-bond donors (Lipinski definition) is 1. The number of amides is 1. The third kappa shape index (κ3) is 4.66. The van der Waals surface area contributed by atoms with Crippen LogP contribution in [0, 0.1) is 0 Å². The number of ether oxygens (including phenoxy) is 1. The van der Waals surface area contributed by atoms with Crippen LogP contribution in [0.2, 0.25) is 0 Å². The Hall–Kier alpha value is -1.70. The van der Waals surface area contributed by atoms with E-state index in [4.69, 9.17) is 22.1 Å². The molecule has 1 heterocycles. The first kappa shape index (κ1) is 16.7. The van der Waals surface area contributed by atoms with Gasteiger partial charge in [-0.3, -0.25) is 14.5 Å². The summed E-state index contributed by atoms with van der Waals surface area (Å²) in [7, 11) is 0. The van der Waals surface area contributed by atoms with Crippen molar-refractivity contribution >= 4 is 40.2 Å². The van der Waals surface area contributed by atoms with Crippen LogP contribution in [0.5, 0.6) is 0 Å². The van der Waals surface area contributed by atoms with Crippen molar-refractivity contribution in [1.82, 2.24) is 4.90 Å². The van der Waals surface area contributed by atoms with Crippen LogP contribution >= 0.6 is 24.0 Å². The summed E-state index contributed by atoms with van der Waals surface area (Å²) in [6, 6.07) is 9.74. The van der Waals surface area contributed by atoms with E-state index in [0.29, 0.717) is 22.4 Å². The smallest absolute Gasteiger partial charge is 0.305 e. The highest BCUT2D eigenvalue weighted by molar-refractivity contribution is 8.26. The zero-order valence-corrected chi connectivity index (χ0v) is 13.4. The third-order valence-corrected chi connectivity index (χ3v) is 4.35. The molecule has 1 aromatic rings. The van der Waals surface area contributed by atoms with Crippen molar-refractivity contribution in [1.29, 1.82) is 0 Å². The van der Waals surface area contributed by atoms with E-state index in [9.17, 15) is 9.59 Å². The van der Waals surface area contributed by atoms with Crippen molar-refractivity contribution in [2.24, 2.45) is 0 Å². The molecular weight excluding hydrogens is 322 g/mol. The Labute approximate surface area is 137 Å². The van der Waals surface area contributed by atoms with E-state index in [1.807, 2.05) is 30.3 Å². The summed E-state index contributed by atoms with van der Waals surface area (Å²) >= 11 is 6.27. The zero-order chi connectivity index (χ0) is 15.9. The molecule has 0 unspecified atom stereocenters. The summed E-state index contributed by atoms with van der Waals surface area (Å²) < 4.78 is 5.89. The van der Waals surface area contributed by atoms with Crippen LogP contribution < -0.4 is 0 Å². The molecule has 116 valence electrons. The maximum Gasteiger partial charge on any atom is 0.305 e. The fourth-order valence-electron chi connectivity index (χ4n) is 1.82. The molecule has 7 heteroatoms. The molecule has 22 heavy (non-hydrogen) atoms. The van der Waals surface area contributed by atoms with Gasteiger partial charge in [0.1, 0.15) is 4.32 Å². The predicted molar refractivity (Wildman–Crippen MR) is 88.3 cm³/mol. The van der Waals surface area contributed by atoms with E-state index >= 15 is 0 Å². The molecule has 5 nitrogen and oxygen atoms in total. The van der Waals surface area contributed by atoms with Gasteiger partial charge in [0.05, 0.1) is 24.5 Å². The largest absolute Gasteiger partial charge is 0.481 e. The average molecular weight is 337 g/mol. The Kier molecular flexibility index (Phi) is 6.11. The van der Waals surface area contributed by atoms with E-state index in [0.717, 1.165) is 5.56 Å². The van der Waals surface area contributed by atoms with E-state index in [-0.39, 0.29) is 18.9 Å². The topological polar surface area (TPSA) is 66.8 Å². The molecule has 1 aliphatic rings. The lowest BCUT2D eigenvalue weighted by molar-refractivity contribution is -0.137. The number of carboxylic acids is 1. The normalized spacial score (nSPS) is 16.5. The summed E-state index contributed by atoms with van der Waals surface area (Å²) in [5.74, 6) is -1.20. The average Bonchev–Trinajstić information content (AvgIpc) is 2.77. The zero-order valence-electron chi connectivity index (χ0n) is 11.7. The van der Waals surface area contributed by atoms with Crippen LogP contribution in [0.4, 0.5) is 0 Å². The summed E-state index contributed by atoms with van der Waals surface area (Å²) in [5, 5.41) is 8.67. The maximum absolute atomic E-state index is 12.1. The van der Waals surface area contributed by atoms with Crippen molar-refractivity contribution < 1.29 is 19.4 Å². The standard InChI is InChI=1S/C15H15NO4S2/c17-13(18)6-8-16-14(19)12(22-15(16)21)7-9-20-10-11-4-2-1-3-5-11/h1-5,7H,6,8-10H2,(H,17,18). The van der Waals surface area contributed by atoms with Crippen LogP contribution in [0.15, 0.2) is 41.3 Å². The molecule has 0 aliphatic carbocycles. The number of thiocarbonyl (C=S) groups is 1. The molecule has 0 bridgehead atoms. The van der Waals surface area contributed by atoms with Crippen molar-refractivity contribution in [2.75, 3.05) is 13.2 Å². The summed E-state index contributed by atoms with van der Waals surface area (Å²) in [6.45, 7) is 0.872. The number of hydrogen-bond acceptors (Lipinski definition) is 5. The Morgan fingerprint density at radius 2 is 2.09 bits per heavy atom. The molecule has 0 aromatic heterocycles. The highest BCUT2D eigenvalue weighted by Crippen LogP contribution is 2.30. The number of carbonyl (C=O) groups is 2. The second-order valence-electron chi connectivity index (χ2n) is 4.54. The molecule has 1 fully saturated rings. The first-order chi connectivity index (χ1) is 10.6. The van der Waals surface area contributed by atoms with Gasteiger partial charge in [0.25, 0.3) is 5.91 Å². The molecule has 0 saturated carbocycles. The van der Waals surface area contributed by atoms with Crippen molar-refractivity contribution in [3.63, 3.8) is 0 Å². The molecule has 1 aromatic carbocycles. The minimum absolute atomic E-state index is 0.0994. The SMILES string of the molecule is O=C(O)CCN1C(=O)C(=CCOCc2ccccc2)SC1=S. The Balaban J connectivity index is 1.83. The van der Waals surface area contributed by atoms with E-state index in [1.54, 1.807) is 6.08 Å². The molecule has 0 spiro atoms. The maximum atomic E-state index is 12.1. The molecular formula is C15H15NO4S2. The van der Waals surface area contributed by atoms with Crippen molar-refractivity contribution in [3.8, 4) is 0 Å². The van der Waals surface area contributed by atoms with Crippen LogP contribution in [0.1, 0.15) is 12.0 Å². The second kappa shape index (κ2) is 8.07. The highest BCUT2D eigenvalue weighted by atomic mass is 32.2. The van der Waals surface area contributed by atoms with Gasteiger partial charge < -0.3 is 9.84 Å². The van der Waals surface area contributed by atoms with Gasteiger partial charge in [-0.05, 0) is 11.6 Å². The summed E-state index contributed by atoms with van der Waals surface area (Å²) in [4.78, 5) is 24.5. The number of benzene rings is 1. The van der Waals surface area contributed by atoms with Crippen LogP contribution in [-0.2, 0) is 20.9 Å². The summed E-state index contributed by atoms with van der Waals surface area (Å²) in [6.07, 6.45) is 1.56. The number of thioether (sulfide) groups is 1. The van der Waals surface area contributed by atoms with Gasteiger partial charge in [0, 0.05) is 6.54 Å². The number of carboxylic acid groups (broad SMARTS) is 1. The lowest BCUT2D eigenvalue weighted by Gasteiger charge is -2.12. The van der Waals surface area contributed by atoms with Crippen LogP contribution in [0.3, 0.4) is 0 Å². The van der Waals surface area contributed by atoms with Gasteiger partial charge in [-0.2, -0.15) is 0 Å². The van der Waals surface area contributed by atoms with Crippen molar-refractivity contribution in [2.45, 2.75) is 13.0 Å². The number of carbonyl (C=O) groups excluding carboxylic acids is 1. The highest BCUT2D eigenvalue weighted by Gasteiger charge is 2.31. The molecule has 1 saturated heterocycles. The van der Waals surface area contributed by atoms with E-state index in [1.165, 1.54) is 16.7 Å². The minimum Gasteiger partial charge on any atom is -0.481 e. The van der Waals surface area contributed by atoms with Crippen LogP contribution in [0.25, 0.3) is 0 Å². The van der Waals surface area contributed by atoms with Gasteiger partial charge in [-0.1, -0.05) is 54.3 Å².